The predicted octanol–water partition coefficient (Wildman–Crippen LogP) is 0.599. The summed E-state index contributed by atoms with van der Waals surface area (Å²) in [6, 6.07) is 3.87. The third kappa shape index (κ3) is 3.40. The number of nitrogens with one attached hydrogen (secondary N) is 1. The van der Waals surface area contributed by atoms with Crippen molar-refractivity contribution in [1.29, 1.82) is 0 Å². The zero-order chi connectivity index (χ0) is 9.52. The molecule has 0 aliphatic rings. The summed E-state index contributed by atoms with van der Waals surface area (Å²) >= 11 is 0. The van der Waals surface area contributed by atoms with Gasteiger partial charge in [0.05, 0.1) is 6.61 Å². The topological polar surface area (TPSA) is 60.2 Å². The Hall–Kier alpha value is -1.13. The van der Waals surface area contributed by atoms with Gasteiger partial charge in [-0.25, -0.2) is 4.98 Å². The van der Waals surface area contributed by atoms with E-state index in [1.165, 1.54) is 0 Å². The predicted molar refractivity (Wildman–Crippen MR) is 52.5 cm³/mol. The standard InChI is InChI=1S/C9H15N3O/c1-13-5-4-11-9-3-2-8(6-10)7-12-9/h2-3,7H,4-6,10H2,1H3,(H,11,12). The third-order valence-electron chi connectivity index (χ3n) is 1.67. The molecule has 1 aromatic heterocycles. The number of hydrogen-bond donors (Lipinski definition) is 2. The van der Waals surface area contributed by atoms with Gasteiger partial charge in [0.15, 0.2) is 0 Å². The first-order chi connectivity index (χ1) is 6.36. The van der Waals surface area contributed by atoms with E-state index in [2.05, 4.69) is 10.3 Å². The van der Waals surface area contributed by atoms with Crippen molar-refractivity contribution in [1.82, 2.24) is 4.98 Å². The van der Waals surface area contributed by atoms with Crippen LogP contribution >= 0.6 is 0 Å². The first kappa shape index (κ1) is 9.95. The minimum atomic E-state index is 0.533. The van der Waals surface area contributed by atoms with E-state index in [1.807, 2.05) is 12.1 Å². The largest absolute Gasteiger partial charge is 0.383 e. The van der Waals surface area contributed by atoms with Gasteiger partial charge >= 0.3 is 0 Å². The number of hydrogen-bond acceptors (Lipinski definition) is 4. The Morgan fingerprint density at radius 2 is 2.38 bits per heavy atom. The Morgan fingerprint density at radius 1 is 1.54 bits per heavy atom. The van der Waals surface area contributed by atoms with Crippen LogP contribution in [0.2, 0.25) is 0 Å². The van der Waals surface area contributed by atoms with E-state index in [4.69, 9.17) is 10.5 Å². The minimum absolute atomic E-state index is 0.533. The molecule has 4 heteroatoms. The summed E-state index contributed by atoms with van der Waals surface area (Å²) in [5.74, 6) is 0.856. The van der Waals surface area contributed by atoms with Gasteiger partial charge in [-0.15, -0.1) is 0 Å². The number of ether oxygens (including phenoxy) is 1. The molecule has 0 aliphatic carbocycles. The second-order valence-electron chi connectivity index (χ2n) is 2.68. The van der Waals surface area contributed by atoms with Crippen LogP contribution in [0.3, 0.4) is 0 Å². The molecule has 0 saturated carbocycles. The lowest BCUT2D eigenvalue weighted by Gasteiger charge is -2.04. The van der Waals surface area contributed by atoms with Gasteiger partial charge in [-0.05, 0) is 11.6 Å². The molecule has 0 bridgehead atoms. The van der Waals surface area contributed by atoms with Crippen molar-refractivity contribution >= 4 is 5.82 Å². The summed E-state index contributed by atoms with van der Waals surface area (Å²) in [5.41, 5.74) is 6.48. The molecule has 3 N–H and O–H groups in total. The zero-order valence-electron chi connectivity index (χ0n) is 7.79. The van der Waals surface area contributed by atoms with Crippen LogP contribution in [0, 0.1) is 0 Å². The number of nitrogens with zero attached hydrogens (tertiary/aromatic N) is 1. The van der Waals surface area contributed by atoms with Crippen LogP contribution in [0.5, 0.6) is 0 Å². The zero-order valence-corrected chi connectivity index (χ0v) is 7.79. The Labute approximate surface area is 78.1 Å². The molecule has 1 aromatic rings. The van der Waals surface area contributed by atoms with E-state index in [-0.39, 0.29) is 0 Å². The van der Waals surface area contributed by atoms with Gasteiger partial charge in [-0.3, -0.25) is 0 Å². The highest BCUT2D eigenvalue weighted by atomic mass is 16.5. The summed E-state index contributed by atoms with van der Waals surface area (Å²) < 4.78 is 4.90. The molecular formula is C9H15N3O. The van der Waals surface area contributed by atoms with Gasteiger partial charge in [0.25, 0.3) is 0 Å². The molecule has 0 spiro atoms. The first-order valence-corrected chi connectivity index (χ1v) is 4.24. The summed E-state index contributed by atoms with van der Waals surface area (Å²) in [6.07, 6.45) is 1.77. The highest BCUT2D eigenvalue weighted by Crippen LogP contribution is 2.03. The van der Waals surface area contributed by atoms with Crippen LogP contribution in [0.1, 0.15) is 5.56 Å². The van der Waals surface area contributed by atoms with Crippen molar-refractivity contribution in [2.75, 3.05) is 25.6 Å². The van der Waals surface area contributed by atoms with Crippen LogP contribution in [0.15, 0.2) is 18.3 Å². The molecule has 4 nitrogen and oxygen atoms in total. The number of nitrogens with two attached hydrogens (primary N) is 1. The maximum atomic E-state index is 5.44. The Balaban J connectivity index is 2.40. The molecule has 1 heterocycles. The number of rotatable bonds is 5. The summed E-state index contributed by atoms with van der Waals surface area (Å²) in [5, 5.41) is 3.12. The average molecular weight is 181 g/mol. The Morgan fingerprint density at radius 3 is 2.92 bits per heavy atom. The van der Waals surface area contributed by atoms with Crippen LogP contribution in [-0.2, 0) is 11.3 Å². The van der Waals surface area contributed by atoms with E-state index in [0.717, 1.165) is 17.9 Å². The SMILES string of the molecule is COCCNc1ccc(CN)cn1. The van der Waals surface area contributed by atoms with Gasteiger partial charge in [0.2, 0.25) is 0 Å². The molecule has 0 aliphatic heterocycles. The van der Waals surface area contributed by atoms with E-state index >= 15 is 0 Å². The number of methoxy groups -OCH3 is 1. The third-order valence-corrected chi connectivity index (χ3v) is 1.67. The maximum Gasteiger partial charge on any atom is 0.125 e. The second-order valence-corrected chi connectivity index (χ2v) is 2.68. The van der Waals surface area contributed by atoms with Gasteiger partial charge in [0, 0.05) is 26.4 Å². The highest BCUT2D eigenvalue weighted by Gasteiger charge is 1.92. The van der Waals surface area contributed by atoms with Crippen LogP contribution in [-0.4, -0.2) is 25.2 Å². The molecular weight excluding hydrogens is 166 g/mol. The van der Waals surface area contributed by atoms with Gasteiger partial charge in [0.1, 0.15) is 5.82 Å². The molecule has 0 fully saturated rings. The maximum absolute atomic E-state index is 5.44. The summed E-state index contributed by atoms with van der Waals surface area (Å²) in [7, 11) is 1.67. The van der Waals surface area contributed by atoms with Gasteiger partial charge < -0.3 is 15.8 Å². The lowest BCUT2D eigenvalue weighted by molar-refractivity contribution is 0.210. The Kier molecular flexibility index (Phi) is 4.21. The van der Waals surface area contributed by atoms with Crippen molar-refractivity contribution in [2.45, 2.75) is 6.54 Å². The monoisotopic (exact) mass is 181 g/mol. The van der Waals surface area contributed by atoms with E-state index < -0.39 is 0 Å². The molecule has 72 valence electrons. The van der Waals surface area contributed by atoms with Crippen LogP contribution in [0.25, 0.3) is 0 Å². The Bertz CT molecular complexity index is 235. The van der Waals surface area contributed by atoms with E-state index in [0.29, 0.717) is 13.2 Å². The number of aromatic nitrogens is 1. The smallest absolute Gasteiger partial charge is 0.125 e. The fourth-order valence-corrected chi connectivity index (χ4v) is 0.931. The first-order valence-electron chi connectivity index (χ1n) is 4.24. The molecule has 0 saturated heterocycles. The molecule has 0 atom stereocenters. The molecule has 0 unspecified atom stereocenters. The molecule has 1 rings (SSSR count). The molecule has 0 radical (unpaired) electrons. The molecule has 0 amide bonds. The van der Waals surface area contributed by atoms with Crippen molar-refractivity contribution < 1.29 is 4.74 Å². The van der Waals surface area contributed by atoms with E-state index in [1.54, 1.807) is 13.3 Å². The van der Waals surface area contributed by atoms with Crippen LogP contribution < -0.4 is 11.1 Å². The fraction of sp³-hybridized carbons (Fsp3) is 0.444. The van der Waals surface area contributed by atoms with Gasteiger partial charge in [-0.2, -0.15) is 0 Å². The lowest BCUT2D eigenvalue weighted by atomic mass is 10.3. The van der Waals surface area contributed by atoms with Crippen molar-refractivity contribution in [3.8, 4) is 0 Å². The van der Waals surface area contributed by atoms with E-state index in [9.17, 15) is 0 Å². The van der Waals surface area contributed by atoms with Crippen molar-refractivity contribution in [3.05, 3.63) is 23.9 Å². The highest BCUT2D eigenvalue weighted by molar-refractivity contribution is 5.35. The second kappa shape index (κ2) is 5.50. The number of anilines is 1. The quantitative estimate of drug-likeness (QED) is 0.653. The molecule has 13 heavy (non-hydrogen) atoms. The van der Waals surface area contributed by atoms with Crippen LogP contribution in [0.4, 0.5) is 5.82 Å². The summed E-state index contributed by atoms with van der Waals surface area (Å²) in [6.45, 7) is 1.98. The van der Waals surface area contributed by atoms with Crippen molar-refractivity contribution in [2.24, 2.45) is 5.73 Å². The fourth-order valence-electron chi connectivity index (χ4n) is 0.931. The number of pyridine rings is 1. The summed E-state index contributed by atoms with van der Waals surface area (Å²) in [4.78, 5) is 4.17. The normalized spacial score (nSPS) is 10.0. The van der Waals surface area contributed by atoms with Crippen molar-refractivity contribution in [3.63, 3.8) is 0 Å². The molecule has 0 aromatic carbocycles. The minimum Gasteiger partial charge on any atom is -0.383 e. The lowest BCUT2D eigenvalue weighted by Crippen LogP contribution is -2.08. The average Bonchev–Trinajstić information content (AvgIpc) is 2.19. The van der Waals surface area contributed by atoms with Gasteiger partial charge in [-0.1, -0.05) is 6.07 Å².